The molecule has 2 aliphatic heterocycles. The average molecular weight is 494 g/mol. The number of hydrogen-bond donors (Lipinski definition) is 0. The Bertz CT molecular complexity index is 1070. The van der Waals surface area contributed by atoms with Crippen molar-refractivity contribution in [2.75, 3.05) is 57.4 Å². The van der Waals surface area contributed by atoms with Gasteiger partial charge in [-0.3, -0.25) is 14.4 Å². The van der Waals surface area contributed by atoms with Crippen LogP contribution < -0.4 is 14.4 Å². The van der Waals surface area contributed by atoms with Crippen LogP contribution in [0.15, 0.2) is 42.5 Å². The van der Waals surface area contributed by atoms with E-state index in [-0.39, 0.29) is 24.2 Å². The molecular weight excluding hydrogens is 458 g/mol. The second-order valence-electron chi connectivity index (χ2n) is 9.21. The molecule has 0 aromatic heterocycles. The molecule has 0 unspecified atom stereocenters. The first kappa shape index (κ1) is 25.5. The number of amides is 2. The number of hydrogen-bond acceptors (Lipinski definition) is 6. The maximum Gasteiger partial charge on any atom is 0.260 e. The molecule has 2 aromatic carbocycles. The molecule has 4 rings (SSSR count). The first-order valence-electron chi connectivity index (χ1n) is 12.8. The third-order valence-corrected chi connectivity index (χ3v) is 6.76. The molecular formula is C28H35N3O5. The Morgan fingerprint density at radius 1 is 0.750 bits per heavy atom. The highest BCUT2D eigenvalue weighted by atomic mass is 16.5. The minimum absolute atomic E-state index is 0.0221. The van der Waals surface area contributed by atoms with Gasteiger partial charge in [0.05, 0.1) is 6.61 Å². The zero-order chi connectivity index (χ0) is 25.5. The van der Waals surface area contributed by atoms with Crippen molar-refractivity contribution in [1.82, 2.24) is 9.80 Å². The summed E-state index contributed by atoms with van der Waals surface area (Å²) >= 11 is 0. The smallest absolute Gasteiger partial charge is 0.260 e. The molecule has 2 saturated heterocycles. The number of ketones is 1. The Kier molecular flexibility index (Phi) is 8.46. The Labute approximate surface area is 212 Å². The van der Waals surface area contributed by atoms with Crippen molar-refractivity contribution in [3.05, 3.63) is 53.6 Å². The Hall–Kier alpha value is -3.55. The van der Waals surface area contributed by atoms with Gasteiger partial charge in [0.15, 0.2) is 23.9 Å². The van der Waals surface area contributed by atoms with Crippen LogP contribution in [0.4, 0.5) is 5.69 Å². The Morgan fingerprint density at radius 2 is 1.42 bits per heavy atom. The number of Topliss-reactive ketones (excluding diaryl/α,β-unsaturated/α-hetero) is 1. The summed E-state index contributed by atoms with van der Waals surface area (Å²) in [7, 11) is 0. The van der Waals surface area contributed by atoms with Gasteiger partial charge in [-0.1, -0.05) is 0 Å². The minimum atomic E-state index is -0.0570. The van der Waals surface area contributed by atoms with Gasteiger partial charge in [0.2, 0.25) is 0 Å². The summed E-state index contributed by atoms with van der Waals surface area (Å²) in [4.78, 5) is 43.1. The van der Waals surface area contributed by atoms with E-state index in [0.717, 1.165) is 38.0 Å². The van der Waals surface area contributed by atoms with Crippen molar-refractivity contribution in [3.63, 3.8) is 0 Å². The van der Waals surface area contributed by atoms with Gasteiger partial charge in [0, 0.05) is 56.1 Å². The fourth-order valence-corrected chi connectivity index (χ4v) is 4.66. The SMILES string of the molecule is CCOc1cc(C(=O)N2CCN(c3ccc(C(C)=O)cc3)CC2)ccc1OCC(=O)N1CCCCC1. The molecule has 36 heavy (non-hydrogen) atoms. The molecule has 2 aliphatic rings. The number of anilines is 1. The summed E-state index contributed by atoms with van der Waals surface area (Å²) in [5.74, 6) is 0.912. The lowest BCUT2D eigenvalue weighted by atomic mass is 10.1. The van der Waals surface area contributed by atoms with E-state index in [1.807, 2.05) is 41.0 Å². The molecule has 0 aliphatic carbocycles. The van der Waals surface area contributed by atoms with E-state index >= 15 is 0 Å². The van der Waals surface area contributed by atoms with E-state index in [1.54, 1.807) is 25.1 Å². The highest BCUT2D eigenvalue weighted by molar-refractivity contribution is 5.95. The van der Waals surface area contributed by atoms with Gasteiger partial charge in [-0.2, -0.15) is 0 Å². The van der Waals surface area contributed by atoms with Crippen LogP contribution in [0.3, 0.4) is 0 Å². The van der Waals surface area contributed by atoms with Crippen molar-refractivity contribution in [1.29, 1.82) is 0 Å². The van der Waals surface area contributed by atoms with E-state index in [0.29, 0.717) is 55.4 Å². The standard InChI is InChI=1S/C28H35N3O5/c1-3-35-26-19-23(9-12-25(26)36-20-27(33)30-13-5-4-6-14-30)28(34)31-17-15-29(16-18-31)24-10-7-22(8-11-24)21(2)32/h7-12,19H,3-6,13-18,20H2,1-2H3. The molecule has 0 N–H and O–H groups in total. The van der Waals surface area contributed by atoms with Crippen LogP contribution >= 0.6 is 0 Å². The van der Waals surface area contributed by atoms with Gasteiger partial charge in [-0.15, -0.1) is 0 Å². The van der Waals surface area contributed by atoms with Gasteiger partial charge in [-0.25, -0.2) is 0 Å². The van der Waals surface area contributed by atoms with Crippen molar-refractivity contribution in [3.8, 4) is 11.5 Å². The highest BCUT2D eigenvalue weighted by Gasteiger charge is 2.24. The number of ether oxygens (including phenoxy) is 2. The van der Waals surface area contributed by atoms with E-state index in [4.69, 9.17) is 9.47 Å². The first-order chi connectivity index (χ1) is 17.5. The molecule has 2 amide bonds. The molecule has 2 aromatic rings. The number of benzene rings is 2. The number of piperidine rings is 1. The Balaban J connectivity index is 1.35. The van der Waals surface area contributed by atoms with Gasteiger partial charge >= 0.3 is 0 Å². The van der Waals surface area contributed by atoms with E-state index in [1.165, 1.54) is 0 Å². The van der Waals surface area contributed by atoms with Gasteiger partial charge in [0.1, 0.15) is 0 Å². The summed E-state index contributed by atoms with van der Waals surface area (Å²) in [5, 5.41) is 0. The topological polar surface area (TPSA) is 79.4 Å². The summed E-state index contributed by atoms with van der Waals surface area (Å²) in [6, 6.07) is 12.8. The summed E-state index contributed by atoms with van der Waals surface area (Å²) in [5.41, 5.74) is 2.28. The maximum atomic E-state index is 13.2. The second kappa shape index (κ2) is 11.9. The van der Waals surface area contributed by atoms with Crippen molar-refractivity contribution in [2.45, 2.75) is 33.1 Å². The molecule has 192 valence electrons. The Morgan fingerprint density at radius 3 is 2.06 bits per heavy atom. The van der Waals surface area contributed by atoms with Gasteiger partial charge in [-0.05, 0) is 75.6 Å². The number of rotatable bonds is 8. The predicted octanol–water partition coefficient (Wildman–Crippen LogP) is 3.64. The zero-order valence-electron chi connectivity index (χ0n) is 21.2. The molecule has 0 atom stereocenters. The number of piperazine rings is 1. The molecule has 0 bridgehead atoms. The largest absolute Gasteiger partial charge is 0.490 e. The van der Waals surface area contributed by atoms with Crippen LogP contribution in [-0.2, 0) is 4.79 Å². The molecule has 0 radical (unpaired) electrons. The third kappa shape index (κ3) is 6.17. The van der Waals surface area contributed by atoms with Crippen LogP contribution in [-0.4, -0.2) is 79.9 Å². The zero-order valence-corrected chi connectivity index (χ0v) is 21.2. The predicted molar refractivity (Wildman–Crippen MR) is 138 cm³/mol. The normalized spacial score (nSPS) is 16.0. The molecule has 2 fully saturated rings. The van der Waals surface area contributed by atoms with Crippen LogP contribution in [0.2, 0.25) is 0 Å². The average Bonchev–Trinajstić information content (AvgIpc) is 2.92. The molecule has 2 heterocycles. The fourth-order valence-electron chi connectivity index (χ4n) is 4.66. The van der Waals surface area contributed by atoms with Crippen molar-refractivity contribution in [2.24, 2.45) is 0 Å². The molecule has 0 spiro atoms. The lowest BCUT2D eigenvalue weighted by Gasteiger charge is -2.36. The van der Waals surface area contributed by atoms with Crippen LogP contribution in [0, 0.1) is 0 Å². The maximum absolute atomic E-state index is 13.2. The molecule has 8 heteroatoms. The minimum Gasteiger partial charge on any atom is -0.490 e. The molecule has 8 nitrogen and oxygen atoms in total. The van der Waals surface area contributed by atoms with E-state index in [2.05, 4.69) is 4.90 Å². The van der Waals surface area contributed by atoms with Gasteiger partial charge in [0.25, 0.3) is 11.8 Å². The summed E-state index contributed by atoms with van der Waals surface area (Å²) in [6.45, 7) is 8.00. The summed E-state index contributed by atoms with van der Waals surface area (Å²) < 4.78 is 11.5. The monoisotopic (exact) mass is 493 g/mol. The highest BCUT2D eigenvalue weighted by Crippen LogP contribution is 2.29. The number of carbonyl (C=O) groups is 3. The number of likely N-dealkylation sites (tertiary alicyclic amines) is 1. The number of nitrogens with zero attached hydrogens (tertiary/aromatic N) is 3. The quantitative estimate of drug-likeness (QED) is 0.523. The number of carbonyl (C=O) groups excluding carboxylic acids is 3. The second-order valence-corrected chi connectivity index (χ2v) is 9.21. The van der Waals surface area contributed by atoms with Crippen molar-refractivity contribution >= 4 is 23.3 Å². The lowest BCUT2D eigenvalue weighted by molar-refractivity contribution is -0.134. The fraction of sp³-hybridized carbons (Fsp3) is 0.464. The van der Waals surface area contributed by atoms with Gasteiger partial charge < -0.3 is 24.2 Å². The lowest BCUT2D eigenvalue weighted by Crippen LogP contribution is -2.48. The molecule has 0 saturated carbocycles. The van der Waals surface area contributed by atoms with Crippen molar-refractivity contribution < 1.29 is 23.9 Å². The third-order valence-electron chi connectivity index (χ3n) is 6.76. The van der Waals surface area contributed by atoms with Crippen LogP contribution in [0.25, 0.3) is 0 Å². The van der Waals surface area contributed by atoms with E-state index in [9.17, 15) is 14.4 Å². The van der Waals surface area contributed by atoms with Crippen LogP contribution in [0.1, 0.15) is 53.8 Å². The van der Waals surface area contributed by atoms with Crippen LogP contribution in [0.5, 0.6) is 11.5 Å². The van der Waals surface area contributed by atoms with E-state index < -0.39 is 0 Å². The first-order valence-corrected chi connectivity index (χ1v) is 12.8. The summed E-state index contributed by atoms with van der Waals surface area (Å²) in [6.07, 6.45) is 3.23.